The number of nitrogens with zero attached hydrogens (tertiary/aromatic N) is 1. The van der Waals surface area contributed by atoms with Gasteiger partial charge in [-0.2, -0.15) is 0 Å². The number of ether oxygens (including phenoxy) is 3. The van der Waals surface area contributed by atoms with Gasteiger partial charge in [-0.05, 0) is 59.7 Å². The molecule has 0 radical (unpaired) electrons. The number of benzene rings is 3. The quantitative estimate of drug-likeness (QED) is 0.440. The number of carbonyl (C=O) groups excluding carboxylic acids is 1. The molecule has 0 amide bonds. The van der Waals surface area contributed by atoms with Gasteiger partial charge in [0.1, 0.15) is 23.9 Å². The van der Waals surface area contributed by atoms with E-state index in [4.69, 9.17) is 14.2 Å². The lowest BCUT2D eigenvalue weighted by Gasteiger charge is -2.07. The molecule has 0 spiro atoms. The standard InChI is InChI=1S/C24H18FNO4/c1-28-20-6-3-5-18(14-20)23-26-22(24(27)30-23)13-17-4-2-7-21(12-17)29-15-16-8-10-19(25)11-9-16/h2-14H,15H2,1H3/b22-13+. The van der Waals surface area contributed by atoms with Crippen molar-refractivity contribution in [3.8, 4) is 11.5 Å². The lowest BCUT2D eigenvalue weighted by Crippen LogP contribution is -2.05. The highest BCUT2D eigenvalue weighted by Gasteiger charge is 2.24. The number of halogens is 1. The molecule has 0 aliphatic carbocycles. The van der Waals surface area contributed by atoms with Crippen molar-refractivity contribution >= 4 is 17.9 Å². The van der Waals surface area contributed by atoms with Gasteiger partial charge in [0.15, 0.2) is 5.70 Å². The number of methoxy groups -OCH3 is 1. The molecule has 0 aromatic heterocycles. The summed E-state index contributed by atoms with van der Waals surface area (Å²) in [6.07, 6.45) is 1.64. The zero-order valence-corrected chi connectivity index (χ0v) is 16.2. The third kappa shape index (κ3) is 4.55. The van der Waals surface area contributed by atoms with E-state index in [0.29, 0.717) is 23.7 Å². The van der Waals surface area contributed by atoms with E-state index >= 15 is 0 Å². The van der Waals surface area contributed by atoms with Crippen LogP contribution in [0, 0.1) is 5.82 Å². The van der Waals surface area contributed by atoms with Gasteiger partial charge < -0.3 is 14.2 Å². The molecule has 1 heterocycles. The van der Waals surface area contributed by atoms with Crippen molar-refractivity contribution in [2.24, 2.45) is 4.99 Å². The number of carbonyl (C=O) groups is 1. The summed E-state index contributed by atoms with van der Waals surface area (Å²) in [5.74, 6) is 0.690. The van der Waals surface area contributed by atoms with Crippen LogP contribution in [-0.4, -0.2) is 19.0 Å². The van der Waals surface area contributed by atoms with Gasteiger partial charge in [-0.25, -0.2) is 14.2 Å². The van der Waals surface area contributed by atoms with Crippen LogP contribution in [0.3, 0.4) is 0 Å². The van der Waals surface area contributed by atoms with Gasteiger partial charge in [0.2, 0.25) is 5.90 Å². The molecular weight excluding hydrogens is 385 g/mol. The van der Waals surface area contributed by atoms with E-state index in [-0.39, 0.29) is 17.4 Å². The maximum atomic E-state index is 13.0. The average molecular weight is 403 g/mol. The molecule has 30 heavy (non-hydrogen) atoms. The van der Waals surface area contributed by atoms with Crippen molar-refractivity contribution < 1.29 is 23.4 Å². The van der Waals surface area contributed by atoms with Crippen LogP contribution in [-0.2, 0) is 16.1 Å². The maximum absolute atomic E-state index is 13.0. The minimum absolute atomic E-state index is 0.198. The molecule has 0 bridgehead atoms. The normalized spacial score (nSPS) is 14.4. The van der Waals surface area contributed by atoms with Crippen molar-refractivity contribution in [3.63, 3.8) is 0 Å². The summed E-state index contributed by atoms with van der Waals surface area (Å²) < 4.78 is 29.3. The van der Waals surface area contributed by atoms with Crippen LogP contribution < -0.4 is 9.47 Å². The largest absolute Gasteiger partial charge is 0.497 e. The molecule has 3 aromatic rings. The summed E-state index contributed by atoms with van der Waals surface area (Å²) in [7, 11) is 1.57. The first-order chi connectivity index (χ1) is 14.6. The monoisotopic (exact) mass is 403 g/mol. The number of aliphatic imine (C=N–C) groups is 1. The second kappa shape index (κ2) is 8.61. The molecule has 0 fully saturated rings. The first kappa shape index (κ1) is 19.4. The van der Waals surface area contributed by atoms with Crippen LogP contribution in [0.25, 0.3) is 6.08 Å². The number of hydrogen-bond acceptors (Lipinski definition) is 5. The Bertz CT molecular complexity index is 1140. The minimum Gasteiger partial charge on any atom is -0.497 e. The summed E-state index contributed by atoms with van der Waals surface area (Å²) in [5, 5.41) is 0. The Hall–Kier alpha value is -3.93. The average Bonchev–Trinajstić information content (AvgIpc) is 3.14. The number of esters is 1. The molecule has 0 saturated heterocycles. The third-order valence-corrected chi connectivity index (χ3v) is 4.42. The first-order valence-corrected chi connectivity index (χ1v) is 9.25. The fraction of sp³-hybridized carbons (Fsp3) is 0.0833. The Morgan fingerprint density at radius 2 is 1.77 bits per heavy atom. The van der Waals surface area contributed by atoms with E-state index in [0.717, 1.165) is 11.1 Å². The minimum atomic E-state index is -0.523. The van der Waals surface area contributed by atoms with Crippen molar-refractivity contribution in [1.82, 2.24) is 0 Å². The van der Waals surface area contributed by atoms with Crippen LogP contribution in [0.4, 0.5) is 4.39 Å². The third-order valence-electron chi connectivity index (χ3n) is 4.42. The summed E-state index contributed by atoms with van der Waals surface area (Å²) >= 11 is 0. The predicted octanol–water partition coefficient (Wildman–Crippen LogP) is 4.76. The van der Waals surface area contributed by atoms with E-state index in [1.807, 2.05) is 18.2 Å². The molecule has 0 unspecified atom stereocenters. The van der Waals surface area contributed by atoms with Crippen LogP contribution >= 0.6 is 0 Å². The van der Waals surface area contributed by atoms with Crippen molar-refractivity contribution in [1.29, 1.82) is 0 Å². The summed E-state index contributed by atoms with van der Waals surface area (Å²) in [4.78, 5) is 16.6. The van der Waals surface area contributed by atoms with Crippen molar-refractivity contribution in [2.75, 3.05) is 7.11 Å². The zero-order chi connectivity index (χ0) is 20.9. The second-order valence-corrected chi connectivity index (χ2v) is 6.56. The Balaban J connectivity index is 1.51. The number of rotatable bonds is 6. The summed E-state index contributed by atoms with van der Waals surface area (Å²) in [6, 6.07) is 20.5. The van der Waals surface area contributed by atoms with Gasteiger partial charge >= 0.3 is 5.97 Å². The van der Waals surface area contributed by atoms with Crippen molar-refractivity contribution in [3.05, 3.63) is 101 Å². The van der Waals surface area contributed by atoms with Gasteiger partial charge in [0.05, 0.1) is 7.11 Å². The van der Waals surface area contributed by atoms with Crippen LogP contribution in [0.15, 0.2) is 83.5 Å². The highest BCUT2D eigenvalue weighted by molar-refractivity contribution is 6.13. The Labute approximate surface area is 173 Å². The predicted molar refractivity (Wildman–Crippen MR) is 111 cm³/mol. The molecule has 150 valence electrons. The fourth-order valence-corrected chi connectivity index (χ4v) is 2.89. The SMILES string of the molecule is COc1cccc(C2=N/C(=C/c3cccc(OCc4ccc(F)cc4)c3)C(=O)O2)c1. The van der Waals surface area contributed by atoms with Crippen LogP contribution in [0.5, 0.6) is 11.5 Å². The highest BCUT2D eigenvalue weighted by atomic mass is 19.1. The molecule has 0 atom stereocenters. The van der Waals surface area contributed by atoms with E-state index in [2.05, 4.69) is 4.99 Å². The van der Waals surface area contributed by atoms with E-state index < -0.39 is 5.97 Å². The lowest BCUT2D eigenvalue weighted by molar-refractivity contribution is -0.129. The smallest absolute Gasteiger partial charge is 0.363 e. The molecule has 4 rings (SSSR count). The molecular formula is C24H18FNO4. The Kier molecular flexibility index (Phi) is 5.57. The number of hydrogen-bond donors (Lipinski definition) is 0. The van der Waals surface area contributed by atoms with Gasteiger partial charge in [-0.15, -0.1) is 0 Å². The van der Waals surface area contributed by atoms with Crippen molar-refractivity contribution in [2.45, 2.75) is 6.61 Å². The van der Waals surface area contributed by atoms with E-state index in [1.54, 1.807) is 55.7 Å². The summed E-state index contributed by atoms with van der Waals surface area (Å²) in [5.41, 5.74) is 2.45. The molecule has 1 aliphatic rings. The fourth-order valence-electron chi connectivity index (χ4n) is 2.89. The molecule has 3 aromatic carbocycles. The van der Waals surface area contributed by atoms with Gasteiger partial charge in [0.25, 0.3) is 0 Å². The number of cyclic esters (lactones) is 1. The van der Waals surface area contributed by atoms with Crippen LogP contribution in [0.1, 0.15) is 16.7 Å². The summed E-state index contributed by atoms with van der Waals surface area (Å²) in [6.45, 7) is 0.306. The Morgan fingerprint density at radius 3 is 2.57 bits per heavy atom. The lowest BCUT2D eigenvalue weighted by atomic mass is 10.2. The maximum Gasteiger partial charge on any atom is 0.363 e. The topological polar surface area (TPSA) is 57.1 Å². The molecule has 5 nitrogen and oxygen atoms in total. The second-order valence-electron chi connectivity index (χ2n) is 6.56. The highest BCUT2D eigenvalue weighted by Crippen LogP contribution is 2.23. The molecule has 0 N–H and O–H groups in total. The van der Waals surface area contributed by atoms with E-state index in [9.17, 15) is 9.18 Å². The van der Waals surface area contributed by atoms with Gasteiger partial charge in [-0.1, -0.05) is 30.3 Å². The molecule has 0 saturated carbocycles. The van der Waals surface area contributed by atoms with Gasteiger partial charge in [0, 0.05) is 5.56 Å². The van der Waals surface area contributed by atoms with Gasteiger partial charge in [-0.3, -0.25) is 0 Å². The first-order valence-electron chi connectivity index (χ1n) is 9.25. The van der Waals surface area contributed by atoms with E-state index in [1.165, 1.54) is 12.1 Å². The Morgan fingerprint density at radius 1 is 1.00 bits per heavy atom. The molecule has 1 aliphatic heterocycles. The molecule has 6 heteroatoms. The van der Waals surface area contributed by atoms with Crippen LogP contribution in [0.2, 0.25) is 0 Å². The zero-order valence-electron chi connectivity index (χ0n) is 16.2.